The summed E-state index contributed by atoms with van der Waals surface area (Å²) in [5, 5.41) is 2.79. The number of anilines is 1. The van der Waals surface area contributed by atoms with Gasteiger partial charge in [-0.05, 0) is 29.8 Å². The van der Waals surface area contributed by atoms with Crippen LogP contribution >= 0.6 is 23.1 Å². The molecule has 0 spiro atoms. The highest BCUT2D eigenvalue weighted by atomic mass is 32.2. The van der Waals surface area contributed by atoms with Gasteiger partial charge in [-0.25, -0.2) is 9.97 Å². The van der Waals surface area contributed by atoms with E-state index in [9.17, 15) is 0 Å². The zero-order valence-corrected chi connectivity index (χ0v) is 11.9. The van der Waals surface area contributed by atoms with Crippen LogP contribution in [0.15, 0.2) is 33.1 Å². The van der Waals surface area contributed by atoms with E-state index in [1.807, 2.05) is 17.5 Å². The number of ether oxygens (including phenoxy) is 1. The molecule has 18 heavy (non-hydrogen) atoms. The molecule has 0 unspecified atom stereocenters. The van der Waals surface area contributed by atoms with Gasteiger partial charge in [0.05, 0.1) is 12.3 Å². The summed E-state index contributed by atoms with van der Waals surface area (Å²) in [4.78, 5) is 8.61. The first-order valence-corrected chi connectivity index (χ1v) is 7.31. The average molecular weight is 281 g/mol. The maximum absolute atomic E-state index is 5.84. The standard InChI is InChI=1S/C12H15N3OS2/c1-8(2)7-16-11-9(13)3-4-10(15-11)18-12-14-5-6-17-12/h3-6,8H,7,13H2,1-2H3. The summed E-state index contributed by atoms with van der Waals surface area (Å²) in [5.74, 6) is 0.951. The van der Waals surface area contributed by atoms with E-state index >= 15 is 0 Å². The fourth-order valence-electron chi connectivity index (χ4n) is 1.20. The molecule has 0 saturated heterocycles. The van der Waals surface area contributed by atoms with Gasteiger partial charge in [0.15, 0.2) is 4.34 Å². The molecule has 0 amide bonds. The predicted molar refractivity (Wildman–Crippen MR) is 75.2 cm³/mol. The van der Waals surface area contributed by atoms with E-state index < -0.39 is 0 Å². The minimum Gasteiger partial charge on any atom is -0.476 e. The van der Waals surface area contributed by atoms with Crippen LogP contribution in [-0.4, -0.2) is 16.6 Å². The van der Waals surface area contributed by atoms with Crippen molar-refractivity contribution in [2.24, 2.45) is 5.92 Å². The molecule has 2 aromatic heterocycles. The van der Waals surface area contributed by atoms with E-state index in [-0.39, 0.29) is 0 Å². The van der Waals surface area contributed by atoms with Gasteiger partial charge in [0.1, 0.15) is 5.03 Å². The number of pyridine rings is 1. The number of nitrogens with two attached hydrogens (primary N) is 1. The lowest BCUT2D eigenvalue weighted by Crippen LogP contribution is -2.07. The molecular weight excluding hydrogens is 266 g/mol. The van der Waals surface area contributed by atoms with Crippen molar-refractivity contribution in [3.8, 4) is 5.88 Å². The van der Waals surface area contributed by atoms with Crippen LogP contribution in [0.25, 0.3) is 0 Å². The Bertz CT molecular complexity index is 500. The van der Waals surface area contributed by atoms with Crippen LogP contribution < -0.4 is 10.5 Å². The van der Waals surface area contributed by atoms with Gasteiger partial charge < -0.3 is 10.5 Å². The van der Waals surface area contributed by atoms with Crippen molar-refractivity contribution in [1.29, 1.82) is 0 Å². The van der Waals surface area contributed by atoms with Crippen molar-refractivity contribution in [3.63, 3.8) is 0 Å². The van der Waals surface area contributed by atoms with Crippen LogP contribution in [0.4, 0.5) is 5.69 Å². The van der Waals surface area contributed by atoms with Crippen LogP contribution in [-0.2, 0) is 0 Å². The van der Waals surface area contributed by atoms with Crippen LogP contribution in [0, 0.1) is 5.92 Å². The van der Waals surface area contributed by atoms with Gasteiger partial charge in [-0.15, -0.1) is 11.3 Å². The van der Waals surface area contributed by atoms with Gasteiger partial charge >= 0.3 is 0 Å². The number of aromatic nitrogens is 2. The number of nitrogens with zero attached hydrogens (tertiary/aromatic N) is 2. The maximum atomic E-state index is 5.84. The monoisotopic (exact) mass is 281 g/mol. The highest BCUT2D eigenvalue weighted by Crippen LogP contribution is 2.30. The molecule has 0 aromatic carbocycles. The van der Waals surface area contributed by atoms with Crippen LogP contribution in [0.2, 0.25) is 0 Å². The molecule has 6 heteroatoms. The number of rotatable bonds is 5. The first-order valence-electron chi connectivity index (χ1n) is 5.62. The van der Waals surface area contributed by atoms with Crippen molar-refractivity contribution in [2.45, 2.75) is 23.2 Å². The average Bonchev–Trinajstić information content (AvgIpc) is 2.82. The lowest BCUT2D eigenvalue weighted by atomic mass is 10.2. The van der Waals surface area contributed by atoms with E-state index in [1.54, 1.807) is 17.5 Å². The number of hydrogen-bond acceptors (Lipinski definition) is 6. The topological polar surface area (TPSA) is 61.0 Å². The van der Waals surface area contributed by atoms with Crippen molar-refractivity contribution in [3.05, 3.63) is 23.7 Å². The number of hydrogen-bond donors (Lipinski definition) is 1. The zero-order valence-electron chi connectivity index (χ0n) is 10.3. The normalized spacial score (nSPS) is 10.8. The van der Waals surface area contributed by atoms with Crippen LogP contribution in [0.1, 0.15) is 13.8 Å². The Morgan fingerprint density at radius 2 is 2.28 bits per heavy atom. The molecule has 0 aliphatic carbocycles. The fourth-order valence-corrected chi connectivity index (χ4v) is 2.73. The Morgan fingerprint density at radius 1 is 1.44 bits per heavy atom. The summed E-state index contributed by atoms with van der Waals surface area (Å²) < 4.78 is 6.55. The molecule has 0 saturated carbocycles. The fraction of sp³-hybridized carbons (Fsp3) is 0.333. The number of nitrogen functional groups attached to an aromatic ring is 1. The third-order valence-corrected chi connectivity index (χ3v) is 3.84. The van der Waals surface area contributed by atoms with Gasteiger partial charge in [0.2, 0.25) is 5.88 Å². The summed E-state index contributed by atoms with van der Waals surface area (Å²) in [5.41, 5.74) is 6.41. The minimum atomic E-state index is 0.446. The van der Waals surface area contributed by atoms with Gasteiger partial charge in [0.25, 0.3) is 0 Å². The second-order valence-corrected chi connectivity index (χ2v) is 6.31. The lowest BCUT2D eigenvalue weighted by molar-refractivity contribution is 0.261. The molecule has 0 radical (unpaired) electrons. The maximum Gasteiger partial charge on any atom is 0.238 e. The third kappa shape index (κ3) is 3.61. The van der Waals surface area contributed by atoms with Gasteiger partial charge in [-0.2, -0.15) is 0 Å². The summed E-state index contributed by atoms with van der Waals surface area (Å²) in [6.45, 7) is 4.79. The highest BCUT2D eigenvalue weighted by Gasteiger charge is 2.08. The predicted octanol–water partition coefficient (Wildman–Crippen LogP) is 3.31. The zero-order chi connectivity index (χ0) is 13.0. The Balaban J connectivity index is 2.10. The molecule has 4 nitrogen and oxygen atoms in total. The lowest BCUT2D eigenvalue weighted by Gasteiger charge is -2.10. The third-order valence-electron chi connectivity index (χ3n) is 2.02. The van der Waals surface area contributed by atoms with E-state index in [1.165, 1.54) is 11.8 Å². The Labute approximate surface area is 115 Å². The quantitative estimate of drug-likeness (QED) is 0.911. The molecule has 2 N–H and O–H groups in total. The SMILES string of the molecule is CC(C)COc1nc(Sc2nccs2)ccc1N. The van der Waals surface area contributed by atoms with Crippen LogP contribution in [0.5, 0.6) is 5.88 Å². The second-order valence-electron chi connectivity index (χ2n) is 4.15. The number of thiazole rings is 1. The van der Waals surface area contributed by atoms with E-state index in [0.29, 0.717) is 24.1 Å². The Kier molecular flexibility index (Phi) is 4.43. The van der Waals surface area contributed by atoms with Gasteiger partial charge in [0, 0.05) is 11.6 Å². The molecular formula is C12H15N3OS2. The molecule has 0 fully saturated rings. The second kappa shape index (κ2) is 6.06. The smallest absolute Gasteiger partial charge is 0.238 e. The summed E-state index contributed by atoms with van der Waals surface area (Å²) in [7, 11) is 0. The van der Waals surface area contributed by atoms with Crippen molar-refractivity contribution < 1.29 is 4.74 Å². The van der Waals surface area contributed by atoms with Crippen LogP contribution in [0.3, 0.4) is 0 Å². The Morgan fingerprint density at radius 3 is 2.94 bits per heavy atom. The molecule has 96 valence electrons. The van der Waals surface area contributed by atoms with E-state index in [0.717, 1.165) is 9.37 Å². The molecule has 2 heterocycles. The minimum absolute atomic E-state index is 0.446. The first-order chi connectivity index (χ1) is 8.65. The summed E-state index contributed by atoms with van der Waals surface area (Å²) in [6, 6.07) is 3.70. The van der Waals surface area contributed by atoms with Gasteiger partial charge in [-0.1, -0.05) is 13.8 Å². The van der Waals surface area contributed by atoms with E-state index in [2.05, 4.69) is 23.8 Å². The summed E-state index contributed by atoms with van der Waals surface area (Å²) in [6.07, 6.45) is 1.78. The van der Waals surface area contributed by atoms with Crippen molar-refractivity contribution >= 4 is 28.8 Å². The molecule has 2 rings (SSSR count). The highest BCUT2D eigenvalue weighted by molar-refractivity contribution is 8.00. The molecule has 0 aliphatic rings. The van der Waals surface area contributed by atoms with Crippen molar-refractivity contribution in [2.75, 3.05) is 12.3 Å². The first kappa shape index (κ1) is 13.2. The molecule has 2 aromatic rings. The van der Waals surface area contributed by atoms with E-state index in [4.69, 9.17) is 10.5 Å². The molecule has 0 atom stereocenters. The Hall–Kier alpha value is -1.27. The molecule has 0 bridgehead atoms. The van der Waals surface area contributed by atoms with Gasteiger partial charge in [-0.3, -0.25) is 0 Å². The largest absolute Gasteiger partial charge is 0.476 e. The summed E-state index contributed by atoms with van der Waals surface area (Å²) >= 11 is 3.10. The van der Waals surface area contributed by atoms with Crippen molar-refractivity contribution in [1.82, 2.24) is 9.97 Å². The molecule has 0 aliphatic heterocycles.